The zero-order valence-electron chi connectivity index (χ0n) is 15.3. The van der Waals surface area contributed by atoms with E-state index in [0.29, 0.717) is 28.9 Å². The van der Waals surface area contributed by atoms with Gasteiger partial charge in [0.25, 0.3) is 5.91 Å². The van der Waals surface area contributed by atoms with Crippen LogP contribution < -0.4 is 10.2 Å². The number of carbonyl (C=O) groups excluding carboxylic acids is 1. The van der Waals surface area contributed by atoms with Crippen molar-refractivity contribution >= 4 is 29.1 Å². The fraction of sp³-hybridized carbons (Fsp3) is 0.190. The van der Waals surface area contributed by atoms with Crippen molar-refractivity contribution < 1.29 is 4.79 Å². The molecular weight excluding hydrogens is 360 g/mol. The SMILES string of the molecule is CCN(Cc1ccccc1)c1nccc(C(=O)Nc2ccc(Cl)cc2C)n1. The lowest BCUT2D eigenvalue weighted by Crippen LogP contribution is -2.25. The molecule has 0 bridgehead atoms. The van der Waals surface area contributed by atoms with Crippen LogP contribution in [0.5, 0.6) is 0 Å². The Hall–Kier alpha value is -2.92. The van der Waals surface area contributed by atoms with Crippen molar-refractivity contribution in [1.82, 2.24) is 9.97 Å². The molecule has 0 spiro atoms. The van der Waals surface area contributed by atoms with Crippen LogP contribution in [0.25, 0.3) is 0 Å². The van der Waals surface area contributed by atoms with Crippen molar-refractivity contribution in [1.29, 1.82) is 0 Å². The van der Waals surface area contributed by atoms with Crippen LogP contribution in [-0.4, -0.2) is 22.4 Å². The molecule has 3 aromatic rings. The summed E-state index contributed by atoms with van der Waals surface area (Å²) in [6.45, 7) is 5.34. The van der Waals surface area contributed by atoms with E-state index in [1.807, 2.05) is 36.9 Å². The van der Waals surface area contributed by atoms with E-state index < -0.39 is 0 Å². The summed E-state index contributed by atoms with van der Waals surface area (Å²) in [6.07, 6.45) is 1.61. The minimum Gasteiger partial charge on any atom is -0.337 e. The number of hydrogen-bond donors (Lipinski definition) is 1. The van der Waals surface area contributed by atoms with E-state index >= 15 is 0 Å². The minimum absolute atomic E-state index is 0.278. The number of rotatable bonds is 6. The Morgan fingerprint density at radius 1 is 1.15 bits per heavy atom. The van der Waals surface area contributed by atoms with Gasteiger partial charge in [-0.3, -0.25) is 4.79 Å². The van der Waals surface area contributed by atoms with Crippen molar-refractivity contribution in [3.05, 3.63) is 82.6 Å². The van der Waals surface area contributed by atoms with E-state index in [4.69, 9.17) is 11.6 Å². The molecule has 5 nitrogen and oxygen atoms in total. The fourth-order valence-corrected chi connectivity index (χ4v) is 2.94. The van der Waals surface area contributed by atoms with Crippen molar-refractivity contribution in [2.75, 3.05) is 16.8 Å². The minimum atomic E-state index is -0.278. The van der Waals surface area contributed by atoms with Gasteiger partial charge in [0.1, 0.15) is 5.69 Å². The predicted octanol–water partition coefficient (Wildman–Crippen LogP) is 4.72. The molecular formula is C21H21ClN4O. The zero-order chi connectivity index (χ0) is 19.2. The van der Waals surface area contributed by atoms with Gasteiger partial charge in [0, 0.05) is 30.0 Å². The van der Waals surface area contributed by atoms with E-state index in [-0.39, 0.29) is 5.91 Å². The molecule has 27 heavy (non-hydrogen) atoms. The summed E-state index contributed by atoms with van der Waals surface area (Å²) in [7, 11) is 0. The highest BCUT2D eigenvalue weighted by Crippen LogP contribution is 2.20. The number of anilines is 2. The first-order valence-electron chi connectivity index (χ1n) is 8.76. The van der Waals surface area contributed by atoms with Crippen LogP contribution in [0.2, 0.25) is 5.02 Å². The van der Waals surface area contributed by atoms with E-state index in [9.17, 15) is 4.79 Å². The van der Waals surface area contributed by atoms with Gasteiger partial charge in [-0.2, -0.15) is 0 Å². The maximum atomic E-state index is 12.6. The van der Waals surface area contributed by atoms with Crippen LogP contribution in [0, 0.1) is 6.92 Å². The molecule has 1 amide bonds. The maximum absolute atomic E-state index is 12.6. The lowest BCUT2D eigenvalue weighted by molar-refractivity contribution is 0.102. The highest BCUT2D eigenvalue weighted by atomic mass is 35.5. The molecule has 0 unspecified atom stereocenters. The highest BCUT2D eigenvalue weighted by molar-refractivity contribution is 6.30. The molecule has 0 fully saturated rings. The first-order valence-corrected chi connectivity index (χ1v) is 9.14. The molecule has 0 saturated carbocycles. The molecule has 6 heteroatoms. The van der Waals surface area contributed by atoms with Crippen LogP contribution in [0.15, 0.2) is 60.8 Å². The van der Waals surface area contributed by atoms with Gasteiger partial charge in [0.15, 0.2) is 0 Å². The summed E-state index contributed by atoms with van der Waals surface area (Å²) in [5.41, 5.74) is 3.08. The Balaban J connectivity index is 1.78. The molecule has 138 valence electrons. The normalized spacial score (nSPS) is 10.5. The summed E-state index contributed by atoms with van der Waals surface area (Å²) < 4.78 is 0. The smallest absolute Gasteiger partial charge is 0.274 e. The van der Waals surface area contributed by atoms with Crippen LogP contribution in [0.1, 0.15) is 28.5 Å². The Kier molecular flexibility index (Phi) is 6.04. The molecule has 0 atom stereocenters. The van der Waals surface area contributed by atoms with Gasteiger partial charge in [-0.05, 0) is 49.2 Å². The van der Waals surface area contributed by atoms with Gasteiger partial charge in [-0.15, -0.1) is 0 Å². The maximum Gasteiger partial charge on any atom is 0.274 e. The number of aromatic nitrogens is 2. The topological polar surface area (TPSA) is 58.1 Å². The van der Waals surface area contributed by atoms with Crippen LogP contribution in [0.3, 0.4) is 0 Å². The van der Waals surface area contributed by atoms with Gasteiger partial charge in [-0.25, -0.2) is 9.97 Å². The van der Waals surface area contributed by atoms with E-state index in [0.717, 1.165) is 17.7 Å². The van der Waals surface area contributed by atoms with Gasteiger partial charge in [-0.1, -0.05) is 41.9 Å². The summed E-state index contributed by atoms with van der Waals surface area (Å²) in [5, 5.41) is 3.51. The number of benzene rings is 2. The van der Waals surface area contributed by atoms with Crippen molar-refractivity contribution in [3.8, 4) is 0 Å². The molecule has 0 radical (unpaired) electrons. The lowest BCUT2D eigenvalue weighted by atomic mass is 10.2. The van der Waals surface area contributed by atoms with E-state index in [2.05, 4.69) is 27.4 Å². The first kappa shape index (κ1) is 18.9. The zero-order valence-corrected chi connectivity index (χ0v) is 16.1. The number of aryl methyl sites for hydroxylation is 1. The molecule has 1 N–H and O–H groups in total. The Morgan fingerprint density at radius 3 is 2.63 bits per heavy atom. The number of halogens is 1. The second kappa shape index (κ2) is 8.64. The number of nitrogens with zero attached hydrogens (tertiary/aromatic N) is 3. The second-order valence-corrected chi connectivity index (χ2v) is 6.59. The third-order valence-corrected chi connectivity index (χ3v) is 4.43. The third kappa shape index (κ3) is 4.83. The Labute approximate surface area is 164 Å². The first-order chi connectivity index (χ1) is 13.1. The molecule has 1 heterocycles. The molecule has 0 aliphatic carbocycles. The number of hydrogen-bond acceptors (Lipinski definition) is 4. The monoisotopic (exact) mass is 380 g/mol. The van der Waals surface area contributed by atoms with Gasteiger partial charge in [0.05, 0.1) is 0 Å². The largest absolute Gasteiger partial charge is 0.337 e. The molecule has 3 rings (SSSR count). The Bertz CT molecular complexity index is 930. The highest BCUT2D eigenvalue weighted by Gasteiger charge is 2.14. The van der Waals surface area contributed by atoms with Gasteiger partial charge < -0.3 is 10.2 Å². The number of amides is 1. The average Bonchev–Trinajstić information content (AvgIpc) is 2.69. The van der Waals surface area contributed by atoms with Crippen LogP contribution in [0.4, 0.5) is 11.6 Å². The molecule has 0 aliphatic heterocycles. The summed E-state index contributed by atoms with van der Waals surface area (Å²) in [4.78, 5) is 23.5. The summed E-state index contributed by atoms with van der Waals surface area (Å²) in [6, 6.07) is 17.1. The van der Waals surface area contributed by atoms with Crippen molar-refractivity contribution in [3.63, 3.8) is 0 Å². The quantitative estimate of drug-likeness (QED) is 0.672. The average molecular weight is 381 g/mol. The van der Waals surface area contributed by atoms with Gasteiger partial charge >= 0.3 is 0 Å². The standard InChI is InChI=1S/C21H21ClN4O/c1-3-26(14-16-7-5-4-6-8-16)21-23-12-11-19(25-21)20(27)24-18-10-9-17(22)13-15(18)2/h4-13H,3,14H2,1-2H3,(H,24,27). The predicted molar refractivity (Wildman–Crippen MR) is 109 cm³/mol. The molecule has 0 saturated heterocycles. The van der Waals surface area contributed by atoms with E-state index in [1.165, 1.54) is 0 Å². The lowest BCUT2D eigenvalue weighted by Gasteiger charge is -2.21. The fourth-order valence-electron chi connectivity index (χ4n) is 2.71. The molecule has 0 aliphatic rings. The number of nitrogens with one attached hydrogen (secondary N) is 1. The second-order valence-electron chi connectivity index (χ2n) is 6.16. The van der Waals surface area contributed by atoms with Crippen LogP contribution in [-0.2, 0) is 6.54 Å². The number of carbonyl (C=O) groups is 1. The van der Waals surface area contributed by atoms with Crippen molar-refractivity contribution in [2.24, 2.45) is 0 Å². The van der Waals surface area contributed by atoms with E-state index in [1.54, 1.807) is 30.5 Å². The van der Waals surface area contributed by atoms with Crippen molar-refractivity contribution in [2.45, 2.75) is 20.4 Å². The summed E-state index contributed by atoms with van der Waals surface area (Å²) in [5.74, 6) is 0.252. The Morgan fingerprint density at radius 2 is 1.93 bits per heavy atom. The van der Waals surface area contributed by atoms with Crippen LogP contribution >= 0.6 is 11.6 Å². The van der Waals surface area contributed by atoms with Gasteiger partial charge in [0.2, 0.25) is 5.95 Å². The third-order valence-electron chi connectivity index (χ3n) is 4.19. The molecule has 2 aromatic carbocycles. The molecule has 1 aromatic heterocycles. The summed E-state index contributed by atoms with van der Waals surface area (Å²) >= 11 is 5.97.